The molecule has 3 aromatic carbocycles. The van der Waals surface area contributed by atoms with E-state index in [9.17, 15) is 9.59 Å². The van der Waals surface area contributed by atoms with Gasteiger partial charge in [0.25, 0.3) is 11.5 Å². The molecule has 0 saturated heterocycles. The molecule has 0 spiro atoms. The summed E-state index contributed by atoms with van der Waals surface area (Å²) in [6.07, 6.45) is 3.83. The fraction of sp³-hybridized carbons (Fsp3) is 0.147. The van der Waals surface area contributed by atoms with Gasteiger partial charge in [0.2, 0.25) is 0 Å². The quantitative estimate of drug-likeness (QED) is 0.267. The lowest BCUT2D eigenvalue weighted by Gasteiger charge is -2.25. The van der Waals surface area contributed by atoms with E-state index < -0.39 is 6.04 Å². The van der Waals surface area contributed by atoms with Crippen molar-refractivity contribution in [1.82, 2.24) is 9.13 Å². The van der Waals surface area contributed by atoms with Gasteiger partial charge in [0.1, 0.15) is 5.75 Å². The lowest BCUT2D eigenvalue weighted by Crippen LogP contribution is -2.40. The van der Waals surface area contributed by atoms with Gasteiger partial charge in [-0.1, -0.05) is 65.9 Å². The van der Waals surface area contributed by atoms with Crippen LogP contribution in [0.1, 0.15) is 29.8 Å². The highest BCUT2D eigenvalue weighted by atomic mass is 32.1. The maximum Gasteiger partial charge on any atom is 0.271 e. The summed E-state index contributed by atoms with van der Waals surface area (Å²) in [6, 6.07) is 24.2. The number of amides is 1. The molecular formula is C34H30N4O3S. The van der Waals surface area contributed by atoms with Crippen LogP contribution in [-0.4, -0.2) is 22.2 Å². The van der Waals surface area contributed by atoms with Crippen molar-refractivity contribution in [2.45, 2.75) is 26.4 Å². The van der Waals surface area contributed by atoms with E-state index >= 15 is 0 Å². The Hall–Kier alpha value is -4.95. The summed E-state index contributed by atoms with van der Waals surface area (Å²) in [6.45, 7) is 8.46. The van der Waals surface area contributed by atoms with Gasteiger partial charge in [0, 0.05) is 34.4 Å². The van der Waals surface area contributed by atoms with Crippen LogP contribution in [0.25, 0.3) is 17.0 Å². The molecule has 0 bridgehead atoms. The van der Waals surface area contributed by atoms with Gasteiger partial charge in [0.05, 0.1) is 29.0 Å². The van der Waals surface area contributed by atoms with Gasteiger partial charge in [-0.3, -0.25) is 14.2 Å². The Morgan fingerprint density at radius 1 is 1.05 bits per heavy atom. The zero-order valence-electron chi connectivity index (χ0n) is 23.6. The zero-order valence-corrected chi connectivity index (χ0v) is 24.4. The molecule has 2 aromatic heterocycles. The maximum absolute atomic E-state index is 14.2. The summed E-state index contributed by atoms with van der Waals surface area (Å²) in [4.78, 5) is 33.3. The molecule has 0 saturated carbocycles. The molecule has 42 heavy (non-hydrogen) atoms. The van der Waals surface area contributed by atoms with Gasteiger partial charge >= 0.3 is 0 Å². The van der Waals surface area contributed by atoms with Gasteiger partial charge in [-0.25, -0.2) is 4.99 Å². The van der Waals surface area contributed by atoms with Crippen molar-refractivity contribution in [2.24, 2.45) is 4.99 Å². The summed E-state index contributed by atoms with van der Waals surface area (Å²) in [5, 5.41) is 4.05. The average molecular weight is 575 g/mol. The third-order valence-corrected chi connectivity index (χ3v) is 8.58. The molecular weight excluding hydrogens is 544 g/mol. The van der Waals surface area contributed by atoms with E-state index in [-0.39, 0.29) is 11.5 Å². The van der Waals surface area contributed by atoms with Crippen LogP contribution in [0.5, 0.6) is 5.75 Å². The molecule has 1 aliphatic heterocycles. The van der Waals surface area contributed by atoms with Crippen molar-refractivity contribution in [3.05, 3.63) is 139 Å². The first-order valence-corrected chi connectivity index (χ1v) is 14.4. The third-order valence-electron chi connectivity index (χ3n) is 7.60. The number of hydrogen-bond acceptors (Lipinski definition) is 5. The summed E-state index contributed by atoms with van der Waals surface area (Å²) < 4.78 is 9.76. The Bertz CT molecular complexity index is 2050. The van der Waals surface area contributed by atoms with Crippen molar-refractivity contribution in [3.8, 4) is 5.75 Å². The SMILES string of the molecule is C=CCn1c(C)c(/C=c2/sc3n(c2=O)[C@H](c2ccc(OC)cc2)C(C(=O)Nc2ccccc2)=C(C)N=3)c2ccccc21. The van der Waals surface area contributed by atoms with E-state index in [4.69, 9.17) is 9.73 Å². The number of carbonyl (C=O) groups excluding carboxylic acids is 1. The summed E-state index contributed by atoms with van der Waals surface area (Å²) in [7, 11) is 1.61. The highest BCUT2D eigenvalue weighted by molar-refractivity contribution is 7.07. The van der Waals surface area contributed by atoms with Crippen LogP contribution in [-0.2, 0) is 11.3 Å². The Labute approximate surface area is 247 Å². The monoisotopic (exact) mass is 574 g/mol. The predicted octanol–water partition coefficient (Wildman–Crippen LogP) is 5.33. The summed E-state index contributed by atoms with van der Waals surface area (Å²) >= 11 is 1.33. The molecule has 8 heteroatoms. The zero-order chi connectivity index (χ0) is 29.4. The molecule has 0 fully saturated rings. The van der Waals surface area contributed by atoms with Gasteiger partial charge in [0.15, 0.2) is 4.80 Å². The van der Waals surface area contributed by atoms with Crippen LogP contribution in [0.15, 0.2) is 113 Å². The van der Waals surface area contributed by atoms with Gasteiger partial charge in [-0.15, -0.1) is 6.58 Å². The molecule has 5 aromatic rings. The second-order valence-electron chi connectivity index (χ2n) is 10.1. The largest absolute Gasteiger partial charge is 0.497 e. The first-order chi connectivity index (χ1) is 20.4. The Balaban J connectivity index is 1.54. The maximum atomic E-state index is 14.2. The van der Waals surface area contributed by atoms with Crippen molar-refractivity contribution in [2.75, 3.05) is 12.4 Å². The van der Waals surface area contributed by atoms with Crippen LogP contribution in [0, 0.1) is 6.92 Å². The summed E-state index contributed by atoms with van der Waals surface area (Å²) in [5.74, 6) is 0.384. The van der Waals surface area contributed by atoms with E-state index in [1.807, 2.05) is 85.8 Å². The number of methoxy groups -OCH3 is 1. The van der Waals surface area contributed by atoms with E-state index in [0.717, 1.165) is 27.7 Å². The minimum Gasteiger partial charge on any atom is -0.497 e. The predicted molar refractivity (Wildman–Crippen MR) is 169 cm³/mol. The van der Waals surface area contributed by atoms with Gasteiger partial charge in [-0.05, 0) is 55.8 Å². The molecule has 1 amide bonds. The van der Waals surface area contributed by atoms with Crippen LogP contribution in [0.2, 0.25) is 0 Å². The van der Waals surface area contributed by atoms with Crippen LogP contribution in [0.3, 0.4) is 0 Å². The Kier molecular flexibility index (Phi) is 7.22. The van der Waals surface area contributed by atoms with Crippen LogP contribution >= 0.6 is 11.3 Å². The minimum atomic E-state index is -0.666. The highest BCUT2D eigenvalue weighted by Gasteiger charge is 2.32. The van der Waals surface area contributed by atoms with E-state index in [0.29, 0.717) is 38.6 Å². The normalized spacial score (nSPS) is 14.9. The van der Waals surface area contributed by atoms with E-state index in [1.165, 1.54) is 11.3 Å². The lowest BCUT2D eigenvalue weighted by molar-refractivity contribution is -0.113. The number of carbonyl (C=O) groups is 1. The first-order valence-electron chi connectivity index (χ1n) is 13.6. The Morgan fingerprint density at radius 2 is 1.76 bits per heavy atom. The van der Waals surface area contributed by atoms with Gasteiger partial charge in [-0.2, -0.15) is 0 Å². The van der Waals surface area contributed by atoms with Crippen LogP contribution < -0.4 is 24.9 Å². The molecule has 0 aliphatic carbocycles. The number of para-hydroxylation sites is 2. The number of thiazole rings is 1. The second kappa shape index (κ2) is 11.1. The van der Waals surface area contributed by atoms with E-state index in [1.54, 1.807) is 11.7 Å². The molecule has 210 valence electrons. The summed E-state index contributed by atoms with van der Waals surface area (Å²) in [5.41, 5.74) is 5.36. The number of aromatic nitrogens is 2. The fourth-order valence-electron chi connectivity index (χ4n) is 5.57. The molecule has 6 rings (SSSR count). The number of nitrogens with zero attached hydrogens (tertiary/aromatic N) is 3. The standard InChI is InChI=1S/C34H30N4O3S/c1-5-19-37-22(3)27(26-13-9-10-14-28(26)37)20-29-33(40)38-31(23-15-17-25(41-4)18-16-23)30(21(2)35-34(38)42-29)32(39)36-24-11-7-6-8-12-24/h5-18,20,31H,1,19H2,2-4H3,(H,36,39)/b29-20+/t31-/m1/s1. The number of ether oxygens (including phenoxy) is 1. The molecule has 0 unspecified atom stereocenters. The number of benzene rings is 3. The first kappa shape index (κ1) is 27.2. The smallest absolute Gasteiger partial charge is 0.271 e. The number of anilines is 1. The van der Waals surface area contributed by atoms with E-state index in [2.05, 4.69) is 35.5 Å². The molecule has 1 atom stereocenters. The third kappa shape index (κ3) is 4.69. The second-order valence-corrected chi connectivity index (χ2v) is 11.1. The van der Waals surface area contributed by atoms with Crippen molar-refractivity contribution in [3.63, 3.8) is 0 Å². The molecule has 0 radical (unpaired) electrons. The van der Waals surface area contributed by atoms with Crippen molar-refractivity contribution in [1.29, 1.82) is 0 Å². The highest BCUT2D eigenvalue weighted by Crippen LogP contribution is 2.32. The fourth-order valence-corrected chi connectivity index (χ4v) is 6.60. The molecule has 7 nitrogen and oxygen atoms in total. The molecule has 3 heterocycles. The number of rotatable bonds is 7. The lowest BCUT2D eigenvalue weighted by atomic mass is 9.95. The van der Waals surface area contributed by atoms with Crippen molar-refractivity contribution < 1.29 is 9.53 Å². The number of nitrogens with one attached hydrogen (secondary N) is 1. The van der Waals surface area contributed by atoms with Gasteiger partial charge < -0.3 is 14.6 Å². The van der Waals surface area contributed by atoms with Crippen LogP contribution in [0.4, 0.5) is 5.69 Å². The molecule has 1 N–H and O–H groups in total. The Morgan fingerprint density at radius 3 is 2.48 bits per heavy atom. The minimum absolute atomic E-state index is 0.197. The molecule has 1 aliphatic rings. The topological polar surface area (TPSA) is 77.6 Å². The number of fused-ring (bicyclic) bond motifs is 2. The number of hydrogen-bond donors (Lipinski definition) is 1. The van der Waals surface area contributed by atoms with Crippen molar-refractivity contribution >= 4 is 39.9 Å². The average Bonchev–Trinajstić information content (AvgIpc) is 3.45. The number of allylic oxidation sites excluding steroid dienone is 2.